The molecule has 0 spiro atoms. The highest BCUT2D eigenvalue weighted by molar-refractivity contribution is 8.03. The zero-order valence-corrected chi connectivity index (χ0v) is 8.74. The Bertz CT molecular complexity index is 153. The Kier molecular flexibility index (Phi) is 2.69. The highest BCUT2D eigenvalue weighted by atomic mass is 32.2. The maximum Gasteiger partial charge on any atom is 0.0200 e. The highest BCUT2D eigenvalue weighted by Crippen LogP contribution is 2.42. The minimum absolute atomic E-state index is 0.453. The summed E-state index contributed by atoms with van der Waals surface area (Å²) in [5.74, 6) is 0.806. The predicted octanol–water partition coefficient (Wildman–Crippen LogP) is 3.69. The molecule has 1 heteroatoms. The van der Waals surface area contributed by atoms with Crippen molar-refractivity contribution in [3.05, 3.63) is 11.5 Å². The van der Waals surface area contributed by atoms with Crippen molar-refractivity contribution in [2.24, 2.45) is 11.3 Å². The van der Waals surface area contributed by atoms with E-state index >= 15 is 0 Å². The van der Waals surface area contributed by atoms with Crippen molar-refractivity contribution in [2.45, 2.75) is 39.4 Å². The normalized spacial score (nSPS) is 31.3. The Hall–Kier alpha value is 0.0900. The molecule has 0 fully saturated rings. The van der Waals surface area contributed by atoms with Gasteiger partial charge in [-0.25, -0.2) is 0 Å². The van der Waals surface area contributed by atoms with E-state index in [2.05, 4.69) is 39.2 Å². The van der Waals surface area contributed by atoms with E-state index < -0.39 is 0 Å². The van der Waals surface area contributed by atoms with E-state index in [4.69, 9.17) is 0 Å². The van der Waals surface area contributed by atoms with Crippen LogP contribution in [0.2, 0.25) is 0 Å². The lowest BCUT2D eigenvalue weighted by atomic mass is 9.83. The van der Waals surface area contributed by atoms with Crippen molar-refractivity contribution in [2.75, 3.05) is 0 Å². The van der Waals surface area contributed by atoms with Crippen LogP contribution in [0.15, 0.2) is 11.5 Å². The van der Waals surface area contributed by atoms with E-state index in [-0.39, 0.29) is 0 Å². The van der Waals surface area contributed by atoms with Crippen LogP contribution in [0.3, 0.4) is 0 Å². The molecule has 0 amide bonds. The van der Waals surface area contributed by atoms with Crippen molar-refractivity contribution in [1.29, 1.82) is 0 Å². The number of thioether (sulfide) groups is 1. The SMILES string of the molecule is CCC1C=CSC1C(C)(C)C. The molecule has 0 radical (unpaired) electrons. The number of hydrogen-bond acceptors (Lipinski definition) is 1. The molecule has 0 nitrogen and oxygen atoms in total. The zero-order valence-electron chi connectivity index (χ0n) is 7.92. The van der Waals surface area contributed by atoms with Crippen LogP contribution in [0, 0.1) is 11.3 Å². The van der Waals surface area contributed by atoms with Crippen LogP contribution in [-0.2, 0) is 0 Å². The van der Waals surface area contributed by atoms with E-state index in [1.807, 2.05) is 11.8 Å². The second kappa shape index (κ2) is 3.22. The summed E-state index contributed by atoms with van der Waals surface area (Å²) in [6.07, 6.45) is 3.64. The number of rotatable bonds is 1. The van der Waals surface area contributed by atoms with E-state index in [9.17, 15) is 0 Å². The predicted molar refractivity (Wildman–Crippen MR) is 53.8 cm³/mol. The van der Waals surface area contributed by atoms with Crippen molar-refractivity contribution in [3.63, 3.8) is 0 Å². The van der Waals surface area contributed by atoms with Crippen molar-refractivity contribution < 1.29 is 0 Å². The van der Waals surface area contributed by atoms with Crippen LogP contribution in [0.25, 0.3) is 0 Å². The molecular weight excluding hydrogens is 152 g/mol. The maximum atomic E-state index is 2.36. The molecule has 0 saturated heterocycles. The van der Waals surface area contributed by atoms with Crippen LogP contribution < -0.4 is 0 Å². The van der Waals surface area contributed by atoms with Crippen molar-refractivity contribution in [3.8, 4) is 0 Å². The smallest absolute Gasteiger partial charge is 0.0200 e. The Morgan fingerprint density at radius 1 is 1.36 bits per heavy atom. The first-order valence-corrected chi connectivity index (χ1v) is 5.32. The first-order chi connectivity index (χ1) is 5.05. The second-order valence-corrected chi connectivity index (χ2v) is 5.38. The molecule has 0 aromatic rings. The van der Waals surface area contributed by atoms with E-state index in [1.54, 1.807) is 0 Å². The molecule has 2 atom stereocenters. The van der Waals surface area contributed by atoms with Crippen LogP contribution in [0.4, 0.5) is 0 Å². The molecule has 0 N–H and O–H groups in total. The third-order valence-corrected chi connectivity index (χ3v) is 3.93. The summed E-state index contributed by atoms with van der Waals surface area (Å²) in [5.41, 5.74) is 0.453. The van der Waals surface area contributed by atoms with Crippen molar-refractivity contribution >= 4 is 11.8 Å². The second-order valence-electron chi connectivity index (χ2n) is 4.32. The van der Waals surface area contributed by atoms with Gasteiger partial charge in [0.2, 0.25) is 0 Å². The van der Waals surface area contributed by atoms with Gasteiger partial charge in [-0.15, -0.1) is 11.8 Å². The molecule has 0 aliphatic carbocycles. The average Bonchev–Trinajstić information content (AvgIpc) is 2.31. The molecule has 1 aliphatic heterocycles. The van der Waals surface area contributed by atoms with E-state index in [1.165, 1.54) is 6.42 Å². The summed E-state index contributed by atoms with van der Waals surface area (Å²) in [4.78, 5) is 0. The third kappa shape index (κ3) is 2.02. The van der Waals surface area contributed by atoms with Gasteiger partial charge in [-0.05, 0) is 23.2 Å². The molecule has 0 aromatic carbocycles. The van der Waals surface area contributed by atoms with Crippen LogP contribution in [0.5, 0.6) is 0 Å². The lowest BCUT2D eigenvalue weighted by Crippen LogP contribution is -2.27. The molecule has 0 bridgehead atoms. The van der Waals surface area contributed by atoms with Gasteiger partial charge < -0.3 is 0 Å². The first-order valence-electron chi connectivity index (χ1n) is 4.38. The maximum absolute atomic E-state index is 2.36. The number of hydrogen-bond donors (Lipinski definition) is 0. The fourth-order valence-electron chi connectivity index (χ4n) is 1.63. The standard InChI is InChI=1S/C10H18S/c1-5-8-6-7-11-9(8)10(2,3)4/h6-9H,5H2,1-4H3. The van der Waals surface area contributed by atoms with Gasteiger partial charge in [-0.1, -0.05) is 33.8 Å². The molecule has 1 rings (SSSR count). The van der Waals surface area contributed by atoms with E-state index in [0.29, 0.717) is 5.41 Å². The molecule has 2 unspecified atom stereocenters. The van der Waals surface area contributed by atoms with Gasteiger partial charge in [0.15, 0.2) is 0 Å². The fraction of sp³-hybridized carbons (Fsp3) is 0.800. The topological polar surface area (TPSA) is 0 Å². The number of allylic oxidation sites excluding steroid dienone is 1. The summed E-state index contributed by atoms with van der Waals surface area (Å²) >= 11 is 2.00. The highest BCUT2D eigenvalue weighted by Gasteiger charge is 2.32. The molecular formula is C10H18S. The first kappa shape index (κ1) is 9.18. The Balaban J connectivity index is 2.61. The molecule has 1 heterocycles. The molecule has 0 aromatic heterocycles. The minimum atomic E-state index is 0.453. The van der Waals surface area contributed by atoms with Gasteiger partial charge in [-0.3, -0.25) is 0 Å². The van der Waals surface area contributed by atoms with Crippen LogP contribution in [-0.4, -0.2) is 5.25 Å². The average molecular weight is 170 g/mol. The lowest BCUT2D eigenvalue weighted by molar-refractivity contribution is 0.341. The molecule has 0 saturated carbocycles. The molecule has 1 aliphatic rings. The van der Waals surface area contributed by atoms with Gasteiger partial charge >= 0.3 is 0 Å². The van der Waals surface area contributed by atoms with Gasteiger partial charge in [0, 0.05) is 5.25 Å². The quantitative estimate of drug-likeness (QED) is 0.578. The van der Waals surface area contributed by atoms with E-state index in [0.717, 1.165) is 11.2 Å². The van der Waals surface area contributed by atoms with Crippen LogP contribution in [0.1, 0.15) is 34.1 Å². The molecule has 64 valence electrons. The minimum Gasteiger partial charge on any atom is -0.130 e. The van der Waals surface area contributed by atoms with Gasteiger partial charge in [0.25, 0.3) is 0 Å². The lowest BCUT2D eigenvalue weighted by Gasteiger charge is -2.30. The fourth-order valence-corrected chi connectivity index (χ4v) is 2.98. The summed E-state index contributed by atoms with van der Waals surface area (Å²) in [6.45, 7) is 9.28. The Labute approximate surface area is 74.5 Å². The van der Waals surface area contributed by atoms with Gasteiger partial charge in [0.05, 0.1) is 0 Å². The van der Waals surface area contributed by atoms with Gasteiger partial charge in [0.1, 0.15) is 0 Å². The summed E-state index contributed by atoms with van der Waals surface area (Å²) in [6, 6.07) is 0. The summed E-state index contributed by atoms with van der Waals surface area (Å²) < 4.78 is 0. The Morgan fingerprint density at radius 3 is 2.36 bits per heavy atom. The summed E-state index contributed by atoms with van der Waals surface area (Å²) in [5, 5.41) is 3.07. The summed E-state index contributed by atoms with van der Waals surface area (Å²) in [7, 11) is 0. The van der Waals surface area contributed by atoms with Crippen molar-refractivity contribution in [1.82, 2.24) is 0 Å². The van der Waals surface area contributed by atoms with Crippen LogP contribution >= 0.6 is 11.8 Å². The van der Waals surface area contributed by atoms with Gasteiger partial charge in [-0.2, -0.15) is 0 Å². The largest absolute Gasteiger partial charge is 0.130 e. The Morgan fingerprint density at radius 2 is 2.00 bits per heavy atom. The monoisotopic (exact) mass is 170 g/mol. The third-order valence-electron chi connectivity index (χ3n) is 2.26. The zero-order chi connectivity index (χ0) is 8.48. The molecule has 11 heavy (non-hydrogen) atoms.